The fourth-order valence-corrected chi connectivity index (χ4v) is 2.50. The van der Waals surface area contributed by atoms with Crippen molar-refractivity contribution in [2.24, 2.45) is 5.92 Å². The lowest BCUT2D eigenvalue weighted by Gasteiger charge is -2.22. The molecule has 4 nitrogen and oxygen atoms in total. The van der Waals surface area contributed by atoms with Crippen LogP contribution in [0, 0.1) is 5.92 Å². The normalized spacial score (nSPS) is 18.8. The molecule has 22 heavy (non-hydrogen) atoms. The van der Waals surface area contributed by atoms with E-state index in [1.165, 1.54) is 19.2 Å². The minimum Gasteiger partial charge on any atom is -0.497 e. The van der Waals surface area contributed by atoms with Gasteiger partial charge < -0.3 is 15.4 Å². The predicted molar refractivity (Wildman–Crippen MR) is 75.4 cm³/mol. The van der Waals surface area contributed by atoms with Gasteiger partial charge in [0.25, 0.3) is 0 Å². The zero-order chi connectivity index (χ0) is 16.2. The maximum Gasteiger partial charge on any atom is 0.416 e. The lowest BCUT2D eigenvalue weighted by molar-refractivity contribution is -0.138. The molecule has 7 heteroatoms. The van der Waals surface area contributed by atoms with Crippen molar-refractivity contribution in [1.29, 1.82) is 0 Å². The van der Waals surface area contributed by atoms with Gasteiger partial charge in [-0.25, -0.2) is 0 Å². The Bertz CT molecular complexity index is 526. The Balaban J connectivity index is 2.07. The number of carbonyl (C=O) groups excluding carboxylic acids is 1. The van der Waals surface area contributed by atoms with Crippen molar-refractivity contribution in [3.8, 4) is 5.75 Å². The molecule has 1 saturated heterocycles. The van der Waals surface area contributed by atoms with Crippen molar-refractivity contribution in [1.82, 2.24) is 10.6 Å². The average Bonchev–Trinajstić information content (AvgIpc) is 2.52. The molecule has 2 N–H and O–H groups in total. The lowest BCUT2D eigenvalue weighted by atomic mass is 9.98. The first-order valence-corrected chi connectivity index (χ1v) is 7.14. The van der Waals surface area contributed by atoms with Gasteiger partial charge in [-0.15, -0.1) is 0 Å². The summed E-state index contributed by atoms with van der Waals surface area (Å²) >= 11 is 0. The van der Waals surface area contributed by atoms with E-state index in [0.29, 0.717) is 6.54 Å². The van der Waals surface area contributed by atoms with Gasteiger partial charge in [-0.05, 0) is 37.1 Å². The van der Waals surface area contributed by atoms with Gasteiger partial charge in [0.2, 0.25) is 5.91 Å². The number of ether oxygens (including phenoxy) is 1. The molecule has 0 aliphatic carbocycles. The van der Waals surface area contributed by atoms with Crippen molar-refractivity contribution >= 4 is 5.91 Å². The molecule has 2 rings (SSSR count). The van der Waals surface area contributed by atoms with Gasteiger partial charge in [0.1, 0.15) is 5.75 Å². The van der Waals surface area contributed by atoms with Gasteiger partial charge in [0.15, 0.2) is 0 Å². The highest BCUT2D eigenvalue weighted by atomic mass is 19.4. The maximum absolute atomic E-state index is 13.1. The van der Waals surface area contributed by atoms with Gasteiger partial charge in [-0.3, -0.25) is 4.79 Å². The number of hydrogen-bond donors (Lipinski definition) is 2. The second-order valence-corrected chi connectivity index (χ2v) is 5.28. The summed E-state index contributed by atoms with van der Waals surface area (Å²) in [5.74, 6) is -0.253. The highest BCUT2D eigenvalue weighted by Crippen LogP contribution is 2.34. The molecule has 1 aliphatic heterocycles. The molecule has 1 aromatic rings. The molecule has 1 atom stereocenters. The Morgan fingerprint density at radius 1 is 1.45 bits per heavy atom. The van der Waals surface area contributed by atoms with Crippen LogP contribution in [0.25, 0.3) is 0 Å². The van der Waals surface area contributed by atoms with E-state index < -0.39 is 11.7 Å². The number of rotatable bonds is 4. The average molecular weight is 316 g/mol. The molecule has 0 radical (unpaired) electrons. The molecule has 0 saturated carbocycles. The van der Waals surface area contributed by atoms with Crippen molar-refractivity contribution < 1.29 is 22.7 Å². The Morgan fingerprint density at radius 3 is 2.82 bits per heavy atom. The van der Waals surface area contributed by atoms with Crippen LogP contribution in [0.2, 0.25) is 0 Å². The number of benzene rings is 1. The molecule has 0 spiro atoms. The molecular weight excluding hydrogens is 297 g/mol. The van der Waals surface area contributed by atoms with Crippen LogP contribution >= 0.6 is 0 Å². The second-order valence-electron chi connectivity index (χ2n) is 5.28. The molecule has 0 bridgehead atoms. The molecule has 1 fully saturated rings. The molecule has 122 valence electrons. The zero-order valence-corrected chi connectivity index (χ0v) is 12.3. The van der Waals surface area contributed by atoms with Crippen molar-refractivity contribution in [3.05, 3.63) is 29.3 Å². The minimum atomic E-state index is -4.49. The summed E-state index contributed by atoms with van der Waals surface area (Å²) in [7, 11) is 1.31. The first-order valence-electron chi connectivity index (χ1n) is 7.14. The Kier molecular flexibility index (Phi) is 5.28. The number of nitrogens with one attached hydrogen (secondary N) is 2. The van der Waals surface area contributed by atoms with E-state index in [-0.39, 0.29) is 29.7 Å². The van der Waals surface area contributed by atoms with Crippen LogP contribution in [0.3, 0.4) is 0 Å². The van der Waals surface area contributed by atoms with E-state index in [4.69, 9.17) is 4.74 Å². The lowest BCUT2D eigenvalue weighted by Crippen LogP contribution is -2.40. The van der Waals surface area contributed by atoms with Crippen LogP contribution in [0.1, 0.15) is 24.0 Å². The summed E-state index contributed by atoms with van der Waals surface area (Å²) in [6.07, 6.45) is -2.83. The van der Waals surface area contributed by atoms with E-state index in [9.17, 15) is 18.0 Å². The van der Waals surface area contributed by atoms with E-state index in [1.54, 1.807) is 0 Å². The van der Waals surface area contributed by atoms with Crippen LogP contribution in [-0.4, -0.2) is 26.1 Å². The van der Waals surface area contributed by atoms with Crippen LogP contribution < -0.4 is 15.4 Å². The summed E-state index contributed by atoms with van der Waals surface area (Å²) in [6, 6.07) is 3.74. The Morgan fingerprint density at radius 2 is 2.23 bits per heavy atom. The Labute approximate surface area is 127 Å². The number of piperidine rings is 1. The van der Waals surface area contributed by atoms with Crippen molar-refractivity contribution in [2.75, 3.05) is 20.2 Å². The third-order valence-corrected chi connectivity index (χ3v) is 3.74. The van der Waals surface area contributed by atoms with Gasteiger partial charge in [-0.1, -0.05) is 6.07 Å². The summed E-state index contributed by atoms with van der Waals surface area (Å²) < 4.78 is 44.0. The molecule has 1 heterocycles. The summed E-state index contributed by atoms with van der Waals surface area (Å²) in [5, 5.41) is 5.71. The molecule has 0 aromatic heterocycles. The number of methoxy groups -OCH3 is 1. The van der Waals surface area contributed by atoms with E-state index in [0.717, 1.165) is 25.5 Å². The first-order chi connectivity index (χ1) is 10.4. The van der Waals surface area contributed by atoms with E-state index in [1.807, 2.05) is 0 Å². The molecular formula is C15H19F3N2O2. The van der Waals surface area contributed by atoms with Gasteiger partial charge in [0.05, 0.1) is 18.6 Å². The third kappa shape index (κ3) is 4.13. The molecule has 1 aliphatic rings. The quantitative estimate of drug-likeness (QED) is 0.896. The highest BCUT2D eigenvalue weighted by molar-refractivity contribution is 5.79. The largest absolute Gasteiger partial charge is 0.497 e. The van der Waals surface area contributed by atoms with Crippen LogP contribution in [0.4, 0.5) is 13.2 Å². The van der Waals surface area contributed by atoms with Crippen LogP contribution in [0.15, 0.2) is 18.2 Å². The number of alkyl halides is 3. The second kappa shape index (κ2) is 7.00. The molecule has 1 aromatic carbocycles. The Hall–Kier alpha value is -1.76. The standard InChI is InChI=1S/C15H19F3N2O2/c1-22-12-5-4-10(13(7-12)15(16,17)18)9-20-14(21)11-3-2-6-19-8-11/h4-5,7,11,19H,2-3,6,8-9H2,1H3,(H,20,21). The zero-order valence-electron chi connectivity index (χ0n) is 12.3. The van der Waals surface area contributed by atoms with Crippen LogP contribution in [-0.2, 0) is 17.5 Å². The smallest absolute Gasteiger partial charge is 0.416 e. The predicted octanol–water partition coefficient (Wildman–Crippen LogP) is 2.33. The van der Waals surface area contributed by atoms with Gasteiger partial charge >= 0.3 is 6.18 Å². The van der Waals surface area contributed by atoms with Gasteiger partial charge in [-0.2, -0.15) is 13.2 Å². The fourth-order valence-electron chi connectivity index (χ4n) is 2.50. The van der Waals surface area contributed by atoms with Gasteiger partial charge in [0, 0.05) is 13.1 Å². The first kappa shape index (κ1) is 16.6. The topological polar surface area (TPSA) is 50.4 Å². The maximum atomic E-state index is 13.1. The molecule has 1 amide bonds. The number of amides is 1. The monoisotopic (exact) mass is 316 g/mol. The van der Waals surface area contributed by atoms with Crippen molar-refractivity contribution in [3.63, 3.8) is 0 Å². The number of halogens is 3. The van der Waals surface area contributed by atoms with E-state index in [2.05, 4.69) is 10.6 Å². The number of carbonyl (C=O) groups is 1. The summed E-state index contributed by atoms with van der Waals surface area (Å²) in [6.45, 7) is 1.30. The summed E-state index contributed by atoms with van der Waals surface area (Å²) in [4.78, 5) is 12.0. The van der Waals surface area contributed by atoms with Crippen LogP contribution in [0.5, 0.6) is 5.75 Å². The summed E-state index contributed by atoms with van der Waals surface area (Å²) in [5.41, 5.74) is -0.751. The third-order valence-electron chi connectivity index (χ3n) is 3.74. The minimum absolute atomic E-state index is 0.0328. The molecule has 1 unspecified atom stereocenters. The fraction of sp³-hybridized carbons (Fsp3) is 0.533. The highest BCUT2D eigenvalue weighted by Gasteiger charge is 2.34. The van der Waals surface area contributed by atoms with E-state index >= 15 is 0 Å². The SMILES string of the molecule is COc1ccc(CNC(=O)C2CCCNC2)c(C(F)(F)F)c1. The number of hydrogen-bond acceptors (Lipinski definition) is 3. The van der Waals surface area contributed by atoms with Crippen molar-refractivity contribution in [2.45, 2.75) is 25.6 Å².